The summed E-state index contributed by atoms with van der Waals surface area (Å²) < 4.78 is 172. The van der Waals surface area contributed by atoms with Crippen LogP contribution < -0.4 is 5.73 Å². The van der Waals surface area contributed by atoms with E-state index in [0.29, 0.717) is 6.92 Å². The molecule has 2 unspecified atom stereocenters. The fourth-order valence-electron chi connectivity index (χ4n) is 2.32. The van der Waals surface area contributed by atoms with Crippen molar-refractivity contribution in [3.63, 3.8) is 0 Å². The maximum Gasteiger partial charge on any atom is 0.460 e. The van der Waals surface area contributed by atoms with Crippen molar-refractivity contribution in [1.82, 2.24) is 0 Å². The van der Waals surface area contributed by atoms with Crippen LogP contribution in [0.1, 0.15) is 20.8 Å². The van der Waals surface area contributed by atoms with Gasteiger partial charge in [0.25, 0.3) is 0 Å². The molecule has 0 aromatic heterocycles. The molecule has 2 atom stereocenters. The fourth-order valence-corrected chi connectivity index (χ4v) is 2.80. The average molecular weight is 519 g/mol. The molecule has 0 saturated heterocycles. The smallest absolute Gasteiger partial charge is 0.460 e. The molecule has 188 valence electrons. The third-order valence-corrected chi connectivity index (χ3v) is 4.91. The Bertz CT molecular complexity index is 787. The molecule has 3 nitrogen and oxygen atoms in total. The van der Waals surface area contributed by atoms with E-state index in [1.165, 1.54) is 0 Å². The predicted octanol–water partition coefficient (Wildman–Crippen LogP) is 5.48. The van der Waals surface area contributed by atoms with Crippen LogP contribution in [0.15, 0.2) is 11.1 Å². The largest absolute Gasteiger partial charge is 0.478 e. The molecule has 0 saturated carbocycles. The van der Waals surface area contributed by atoms with Crippen LogP contribution >= 0.6 is 12.2 Å². The number of aliphatic carboxylic acids is 1. The molecule has 0 amide bonds. The van der Waals surface area contributed by atoms with Gasteiger partial charge in [-0.3, -0.25) is 0 Å². The molecular weight excluding hydrogens is 505 g/mol. The Hall–Kier alpha value is -1.65. The fraction of sp³-hybridized carbons (Fsp3) is 0.733. The van der Waals surface area contributed by atoms with Gasteiger partial charge in [0.2, 0.25) is 0 Å². The van der Waals surface area contributed by atoms with Gasteiger partial charge in [-0.1, -0.05) is 19.1 Å². The van der Waals surface area contributed by atoms with Gasteiger partial charge in [-0.05, 0) is 19.4 Å². The predicted molar refractivity (Wildman–Crippen MR) is 86.5 cm³/mol. The lowest BCUT2D eigenvalue weighted by Gasteiger charge is -2.41. The lowest BCUT2D eigenvalue weighted by Crippen LogP contribution is -2.71. The Balaban J connectivity index is 6.72. The number of thiocarbonyl (C=S) groups is 1. The minimum Gasteiger partial charge on any atom is -0.478 e. The van der Waals surface area contributed by atoms with Crippen LogP contribution in [0, 0.1) is 5.92 Å². The molecule has 0 fully saturated rings. The summed E-state index contributed by atoms with van der Waals surface area (Å²) in [5.41, 5.74) is 3.38. The van der Waals surface area contributed by atoms with Crippen molar-refractivity contribution >= 4 is 23.1 Å². The number of halogens is 13. The first-order valence-corrected chi connectivity index (χ1v) is 8.35. The molecule has 0 bridgehead atoms. The van der Waals surface area contributed by atoms with Crippen LogP contribution in [-0.2, 0) is 4.79 Å². The normalized spacial score (nSPS) is 17.5. The number of carboxylic acid groups (broad SMARTS) is 1. The SMILES string of the molecule is CC(C(=O)O)=C(C(=S)C(C)C(F)(F)C(F)(F)C(F)(F)C(F)(F)C(F)(F)C(F)(F)F)C(C)N. The monoisotopic (exact) mass is 519 g/mol. The van der Waals surface area contributed by atoms with E-state index in [2.05, 4.69) is 12.2 Å². The van der Waals surface area contributed by atoms with Gasteiger partial charge in [0, 0.05) is 16.5 Å². The molecule has 0 aliphatic carbocycles. The molecule has 0 aromatic carbocycles. The molecule has 0 radical (unpaired) electrons. The molecular formula is C15H14F13NO2S. The molecule has 0 heterocycles. The summed E-state index contributed by atoms with van der Waals surface area (Å²) in [4.78, 5) is 9.45. The minimum atomic E-state index is -8.04. The van der Waals surface area contributed by atoms with Crippen molar-refractivity contribution in [3.05, 3.63) is 11.1 Å². The van der Waals surface area contributed by atoms with Gasteiger partial charge in [-0.25, -0.2) is 4.79 Å². The Morgan fingerprint density at radius 2 is 1.12 bits per heavy atom. The van der Waals surface area contributed by atoms with Crippen LogP contribution in [0.25, 0.3) is 0 Å². The van der Waals surface area contributed by atoms with Crippen LogP contribution in [0.5, 0.6) is 0 Å². The Morgan fingerprint density at radius 1 is 0.781 bits per heavy atom. The van der Waals surface area contributed by atoms with E-state index in [9.17, 15) is 61.9 Å². The van der Waals surface area contributed by atoms with E-state index in [1.807, 2.05) is 0 Å². The van der Waals surface area contributed by atoms with Crippen LogP contribution in [0.2, 0.25) is 0 Å². The number of carboxylic acids is 1. The van der Waals surface area contributed by atoms with E-state index in [-0.39, 0.29) is 6.92 Å². The molecule has 0 rings (SSSR count). The highest BCUT2D eigenvalue weighted by Crippen LogP contribution is 2.61. The van der Waals surface area contributed by atoms with Gasteiger partial charge in [-0.15, -0.1) is 0 Å². The molecule has 0 aliphatic heterocycles. The maximum absolute atomic E-state index is 14.3. The zero-order valence-electron chi connectivity index (χ0n) is 15.9. The van der Waals surface area contributed by atoms with E-state index in [0.717, 1.165) is 6.92 Å². The van der Waals surface area contributed by atoms with Crippen LogP contribution in [0.3, 0.4) is 0 Å². The summed E-state index contributed by atoms with van der Waals surface area (Å²) in [6.45, 7) is 1.50. The highest BCUT2D eigenvalue weighted by Gasteiger charge is 2.91. The summed E-state index contributed by atoms with van der Waals surface area (Å²) in [5, 5.41) is 8.88. The molecule has 0 spiro atoms. The third kappa shape index (κ3) is 4.41. The number of carbonyl (C=O) groups is 1. The highest BCUT2D eigenvalue weighted by atomic mass is 32.1. The van der Waals surface area contributed by atoms with Gasteiger partial charge >= 0.3 is 41.8 Å². The Kier molecular flexibility index (Phi) is 8.16. The third-order valence-electron chi connectivity index (χ3n) is 4.34. The van der Waals surface area contributed by atoms with E-state index in [4.69, 9.17) is 10.8 Å². The number of hydrogen-bond donors (Lipinski definition) is 2. The second-order valence-electron chi connectivity index (χ2n) is 6.64. The Morgan fingerprint density at radius 3 is 1.41 bits per heavy atom. The first-order chi connectivity index (χ1) is 13.7. The maximum atomic E-state index is 14.3. The van der Waals surface area contributed by atoms with Gasteiger partial charge in [0.1, 0.15) is 0 Å². The topological polar surface area (TPSA) is 63.3 Å². The van der Waals surface area contributed by atoms with E-state index >= 15 is 0 Å². The first kappa shape index (κ1) is 30.3. The van der Waals surface area contributed by atoms with Gasteiger partial charge in [0.05, 0.1) is 5.92 Å². The molecule has 0 aliphatic rings. The summed E-state index contributed by atoms with van der Waals surface area (Å²) in [7, 11) is 0. The van der Waals surface area contributed by atoms with Crippen molar-refractivity contribution in [2.24, 2.45) is 11.7 Å². The first-order valence-electron chi connectivity index (χ1n) is 7.94. The number of rotatable bonds is 9. The molecule has 0 aromatic rings. The number of hydrogen-bond acceptors (Lipinski definition) is 3. The summed E-state index contributed by atoms with van der Waals surface area (Å²) in [5.74, 6) is -43.2. The number of nitrogens with two attached hydrogens (primary N) is 1. The average Bonchev–Trinajstić information content (AvgIpc) is 2.58. The second kappa shape index (κ2) is 8.61. The molecule has 3 N–H and O–H groups in total. The van der Waals surface area contributed by atoms with Gasteiger partial charge in [-0.2, -0.15) is 57.1 Å². The van der Waals surface area contributed by atoms with E-state index < -0.39 is 69.7 Å². The standard InChI is InChI=1S/C15H14F13NO2S/c1-4(9(30)31)7(6(3)29)8(32)5(2)10(16,17)11(18,19)12(20,21)13(22,23)14(24,25)15(26,27)28/h5-6H,29H2,1-3H3,(H,30,31). The zero-order chi connectivity index (χ0) is 26.5. The second-order valence-corrected chi connectivity index (χ2v) is 7.08. The summed E-state index contributed by atoms with van der Waals surface area (Å²) >= 11 is 4.36. The van der Waals surface area contributed by atoms with E-state index in [1.54, 1.807) is 0 Å². The number of alkyl halides is 13. The van der Waals surface area contributed by atoms with Gasteiger partial charge < -0.3 is 10.8 Å². The van der Waals surface area contributed by atoms with Crippen molar-refractivity contribution in [2.45, 2.75) is 62.6 Å². The molecule has 17 heteroatoms. The highest BCUT2D eigenvalue weighted by molar-refractivity contribution is 7.80. The quantitative estimate of drug-likeness (QED) is 0.241. The lowest BCUT2D eigenvalue weighted by atomic mass is 9.83. The lowest BCUT2D eigenvalue weighted by molar-refractivity contribution is -0.441. The summed E-state index contributed by atoms with van der Waals surface area (Å²) in [6, 6.07) is -1.61. The van der Waals surface area contributed by atoms with Crippen molar-refractivity contribution in [2.75, 3.05) is 0 Å². The summed E-state index contributed by atoms with van der Waals surface area (Å²) in [6.07, 6.45) is -7.52. The van der Waals surface area contributed by atoms with Gasteiger partial charge in [0.15, 0.2) is 0 Å². The van der Waals surface area contributed by atoms with Crippen molar-refractivity contribution in [3.8, 4) is 0 Å². The molecule has 32 heavy (non-hydrogen) atoms. The zero-order valence-corrected chi connectivity index (χ0v) is 16.7. The van der Waals surface area contributed by atoms with Crippen LogP contribution in [0.4, 0.5) is 57.1 Å². The van der Waals surface area contributed by atoms with Crippen LogP contribution in [-0.4, -0.2) is 57.8 Å². The van der Waals surface area contributed by atoms with Crippen molar-refractivity contribution < 1.29 is 67.0 Å². The minimum absolute atomic E-state index is 0.0795. The Labute approximate surface area is 176 Å². The van der Waals surface area contributed by atoms with Crippen molar-refractivity contribution in [1.29, 1.82) is 0 Å².